The number of rotatable bonds is 3. The monoisotopic (exact) mass is 341 g/mol. The lowest BCUT2D eigenvalue weighted by Gasteiger charge is -2.26. The van der Waals surface area contributed by atoms with Gasteiger partial charge in [0.1, 0.15) is 12.3 Å². The highest BCUT2D eigenvalue weighted by molar-refractivity contribution is 6.04. The number of ether oxygens (including phenoxy) is 1. The molecule has 2 aliphatic rings. The second-order valence-corrected chi connectivity index (χ2v) is 5.98. The Morgan fingerprint density at radius 3 is 2.58 bits per heavy atom. The Morgan fingerprint density at radius 1 is 1.21 bits per heavy atom. The number of benzene rings is 1. The maximum Gasteiger partial charge on any atom is 0.428 e. The number of anilines is 1. The zero-order valence-electron chi connectivity index (χ0n) is 12.9. The van der Waals surface area contributed by atoms with E-state index in [9.17, 15) is 18.0 Å². The minimum atomic E-state index is -4.48. The number of nitrogens with one attached hydrogen (secondary N) is 2. The molecular formula is C16H18F3N3O2. The fourth-order valence-corrected chi connectivity index (χ4v) is 3.01. The minimum Gasteiger partial charge on any atom is -0.442 e. The normalized spacial score (nSPS) is 19.3. The smallest absolute Gasteiger partial charge is 0.428 e. The zero-order chi connectivity index (χ0) is 17.2. The summed E-state index contributed by atoms with van der Waals surface area (Å²) in [6.07, 6.45) is -0.237. The number of hydrogen-bond donors (Lipinski definition) is 2. The van der Waals surface area contributed by atoms with Crippen LogP contribution in [0.25, 0.3) is 0 Å². The Labute approximate surface area is 137 Å². The number of carbonyl (C=O) groups is 1. The van der Waals surface area contributed by atoms with Gasteiger partial charge >= 0.3 is 12.3 Å². The van der Waals surface area contributed by atoms with E-state index in [-0.39, 0.29) is 29.6 Å². The second-order valence-electron chi connectivity index (χ2n) is 5.98. The number of halogens is 3. The third kappa shape index (κ3) is 3.80. The van der Waals surface area contributed by atoms with Crippen molar-refractivity contribution in [2.75, 3.05) is 11.9 Å². The first-order chi connectivity index (χ1) is 11.4. The van der Waals surface area contributed by atoms with Crippen molar-refractivity contribution in [1.82, 2.24) is 5.43 Å². The van der Waals surface area contributed by atoms with Gasteiger partial charge in [-0.05, 0) is 25.0 Å². The molecule has 1 aliphatic heterocycles. The topological polar surface area (TPSA) is 62.7 Å². The van der Waals surface area contributed by atoms with Gasteiger partial charge in [0.25, 0.3) is 0 Å². The van der Waals surface area contributed by atoms with Gasteiger partial charge in [-0.1, -0.05) is 25.3 Å². The Kier molecular flexibility index (Phi) is 4.64. The number of hydrazone groups is 1. The van der Waals surface area contributed by atoms with Crippen LogP contribution in [0.3, 0.4) is 0 Å². The summed E-state index contributed by atoms with van der Waals surface area (Å²) in [5, 5.41) is 6.79. The van der Waals surface area contributed by atoms with E-state index in [1.165, 1.54) is 6.07 Å². The van der Waals surface area contributed by atoms with Gasteiger partial charge in [-0.3, -0.25) is 0 Å². The van der Waals surface area contributed by atoms with E-state index in [2.05, 4.69) is 15.8 Å². The Balaban J connectivity index is 1.87. The van der Waals surface area contributed by atoms with Gasteiger partial charge in [-0.25, -0.2) is 10.2 Å². The summed E-state index contributed by atoms with van der Waals surface area (Å²) in [4.78, 5) is 10.9. The third-order valence-corrected chi connectivity index (χ3v) is 4.25. The molecule has 5 nitrogen and oxygen atoms in total. The van der Waals surface area contributed by atoms with Crippen molar-refractivity contribution < 1.29 is 22.7 Å². The molecular weight excluding hydrogens is 323 g/mol. The fraction of sp³-hybridized carbons (Fsp3) is 0.500. The van der Waals surface area contributed by atoms with Crippen molar-refractivity contribution >= 4 is 17.5 Å². The molecule has 1 fully saturated rings. The Bertz CT molecular complexity index is 652. The van der Waals surface area contributed by atoms with Crippen LogP contribution in [0.15, 0.2) is 23.3 Å². The lowest BCUT2D eigenvalue weighted by molar-refractivity contribution is -0.137. The highest BCUT2D eigenvalue weighted by Crippen LogP contribution is 2.37. The average molecular weight is 341 g/mol. The quantitative estimate of drug-likeness (QED) is 0.877. The molecule has 0 atom stereocenters. The van der Waals surface area contributed by atoms with Crippen LogP contribution in [-0.4, -0.2) is 24.5 Å². The van der Waals surface area contributed by atoms with Crippen LogP contribution >= 0.6 is 0 Å². The molecule has 0 saturated heterocycles. The largest absolute Gasteiger partial charge is 0.442 e. The van der Waals surface area contributed by atoms with Crippen molar-refractivity contribution in [1.29, 1.82) is 0 Å². The molecule has 8 heteroatoms. The van der Waals surface area contributed by atoms with Gasteiger partial charge in [0.2, 0.25) is 0 Å². The Morgan fingerprint density at radius 2 is 1.96 bits per heavy atom. The van der Waals surface area contributed by atoms with E-state index in [1.54, 1.807) is 6.07 Å². The van der Waals surface area contributed by atoms with Crippen LogP contribution in [0.2, 0.25) is 0 Å². The summed E-state index contributed by atoms with van der Waals surface area (Å²) in [7, 11) is 0. The average Bonchev–Trinajstić information content (AvgIpc) is 2.56. The molecule has 24 heavy (non-hydrogen) atoms. The molecule has 1 heterocycles. The summed E-state index contributed by atoms with van der Waals surface area (Å²) < 4.78 is 45.0. The van der Waals surface area contributed by atoms with Crippen LogP contribution in [0.5, 0.6) is 0 Å². The number of amides is 1. The van der Waals surface area contributed by atoms with Crippen LogP contribution in [-0.2, 0) is 10.9 Å². The molecule has 1 aromatic carbocycles. The first-order valence-electron chi connectivity index (χ1n) is 7.91. The molecule has 1 aromatic rings. The highest BCUT2D eigenvalue weighted by Gasteiger charge is 2.35. The van der Waals surface area contributed by atoms with Crippen LogP contribution in [0, 0.1) is 0 Å². The van der Waals surface area contributed by atoms with Crippen LogP contribution in [0.1, 0.15) is 43.2 Å². The van der Waals surface area contributed by atoms with Crippen molar-refractivity contribution in [3.8, 4) is 0 Å². The standard InChI is InChI=1S/C16H18F3N3O2/c17-16(18,19)12-8-10(14-9-24-15(23)22-21-14)6-7-13(12)20-11-4-2-1-3-5-11/h6-8,11,20H,1-5,9H2,(H,22,23). The Hall–Kier alpha value is -2.25. The lowest BCUT2D eigenvalue weighted by atomic mass is 9.94. The molecule has 2 N–H and O–H groups in total. The van der Waals surface area contributed by atoms with Crippen molar-refractivity contribution in [2.24, 2.45) is 5.10 Å². The van der Waals surface area contributed by atoms with E-state index < -0.39 is 17.8 Å². The van der Waals surface area contributed by atoms with E-state index in [0.29, 0.717) is 0 Å². The number of hydrogen-bond acceptors (Lipinski definition) is 4. The minimum absolute atomic E-state index is 0.0698. The number of nitrogens with zero attached hydrogens (tertiary/aromatic N) is 1. The molecule has 1 amide bonds. The van der Waals surface area contributed by atoms with Crippen LogP contribution < -0.4 is 10.7 Å². The van der Waals surface area contributed by atoms with Gasteiger partial charge < -0.3 is 10.1 Å². The highest BCUT2D eigenvalue weighted by atomic mass is 19.4. The van der Waals surface area contributed by atoms with Gasteiger partial charge in [0.05, 0.1) is 5.56 Å². The fourth-order valence-electron chi connectivity index (χ4n) is 3.01. The number of cyclic esters (lactones) is 1. The van der Waals surface area contributed by atoms with E-state index in [1.807, 2.05) is 0 Å². The zero-order valence-corrected chi connectivity index (χ0v) is 12.9. The number of alkyl halides is 3. The first kappa shape index (κ1) is 16.6. The number of carbonyl (C=O) groups excluding carboxylic acids is 1. The van der Waals surface area contributed by atoms with E-state index in [4.69, 9.17) is 4.74 Å². The molecule has 0 aromatic heterocycles. The van der Waals surface area contributed by atoms with Gasteiger partial charge in [-0.15, -0.1) is 0 Å². The molecule has 3 rings (SSSR count). The van der Waals surface area contributed by atoms with E-state index in [0.717, 1.165) is 38.2 Å². The lowest BCUT2D eigenvalue weighted by Crippen LogP contribution is -2.31. The van der Waals surface area contributed by atoms with Crippen molar-refractivity contribution in [3.63, 3.8) is 0 Å². The molecule has 0 radical (unpaired) electrons. The van der Waals surface area contributed by atoms with E-state index >= 15 is 0 Å². The maximum atomic E-state index is 13.4. The van der Waals surface area contributed by atoms with Crippen molar-refractivity contribution in [2.45, 2.75) is 44.3 Å². The van der Waals surface area contributed by atoms with Crippen molar-refractivity contribution in [3.05, 3.63) is 29.3 Å². The summed E-state index contributed by atoms with van der Waals surface area (Å²) in [6, 6.07) is 4.09. The molecule has 1 saturated carbocycles. The first-order valence-corrected chi connectivity index (χ1v) is 7.91. The SMILES string of the molecule is O=C1NN=C(c2ccc(NC3CCCCC3)c(C(F)(F)F)c2)CO1. The molecule has 0 spiro atoms. The predicted molar refractivity (Wildman–Crippen MR) is 83.0 cm³/mol. The van der Waals surface area contributed by atoms with Crippen LogP contribution in [0.4, 0.5) is 23.7 Å². The second kappa shape index (κ2) is 6.70. The molecule has 1 aliphatic carbocycles. The summed E-state index contributed by atoms with van der Waals surface area (Å²) in [5.74, 6) is 0. The summed E-state index contributed by atoms with van der Waals surface area (Å²) in [5.41, 5.74) is 1.98. The molecule has 130 valence electrons. The summed E-state index contributed by atoms with van der Waals surface area (Å²) in [6.45, 7) is -0.154. The maximum absolute atomic E-state index is 13.4. The van der Waals surface area contributed by atoms with Gasteiger partial charge in [0, 0.05) is 17.3 Å². The summed E-state index contributed by atoms with van der Waals surface area (Å²) >= 11 is 0. The molecule has 0 unspecified atom stereocenters. The van der Waals surface area contributed by atoms with Gasteiger partial charge in [-0.2, -0.15) is 18.3 Å². The third-order valence-electron chi connectivity index (χ3n) is 4.25. The molecule has 0 bridgehead atoms. The van der Waals surface area contributed by atoms with Gasteiger partial charge in [0.15, 0.2) is 0 Å². The predicted octanol–water partition coefficient (Wildman–Crippen LogP) is 3.89.